The fourth-order valence-electron chi connectivity index (χ4n) is 2.31. The van der Waals surface area contributed by atoms with Gasteiger partial charge in [0.1, 0.15) is 0 Å². The van der Waals surface area contributed by atoms with Crippen molar-refractivity contribution in [3.8, 4) is 0 Å². The molecule has 18 heavy (non-hydrogen) atoms. The molecule has 0 aliphatic carbocycles. The maximum Gasteiger partial charge on any atom is 0.168 e. The predicted molar refractivity (Wildman–Crippen MR) is 80.5 cm³/mol. The molecule has 0 atom stereocenters. The van der Waals surface area contributed by atoms with Crippen LogP contribution in [0.25, 0.3) is 0 Å². The topological polar surface area (TPSA) is 41.3 Å². The first-order valence-electron chi connectivity index (χ1n) is 6.51. The lowest BCUT2D eigenvalue weighted by Crippen LogP contribution is -2.32. The number of nitrogens with one attached hydrogen (secondary N) is 1. The molecule has 1 heterocycles. The molecular weight excluding hydrogens is 242 g/mol. The molecule has 4 heteroatoms. The van der Waals surface area contributed by atoms with Crippen LogP contribution >= 0.6 is 12.2 Å². The molecule has 0 bridgehead atoms. The quantitative estimate of drug-likeness (QED) is 0.823. The van der Waals surface area contributed by atoms with Gasteiger partial charge in [-0.1, -0.05) is 19.1 Å². The molecule has 0 amide bonds. The van der Waals surface area contributed by atoms with Gasteiger partial charge in [0.2, 0.25) is 0 Å². The van der Waals surface area contributed by atoms with Crippen molar-refractivity contribution >= 4 is 23.0 Å². The molecule has 3 nitrogen and oxygen atoms in total. The Bertz CT molecular complexity index is 394. The largest absolute Gasteiger partial charge is 0.376 e. The Labute approximate surface area is 114 Å². The van der Waals surface area contributed by atoms with Crippen LogP contribution in [0.2, 0.25) is 0 Å². The maximum absolute atomic E-state index is 5.44. The smallest absolute Gasteiger partial charge is 0.168 e. The third-order valence-corrected chi connectivity index (χ3v) is 3.61. The first-order valence-corrected chi connectivity index (χ1v) is 6.92. The minimum absolute atomic E-state index is 0.313. The van der Waals surface area contributed by atoms with Crippen LogP contribution < -0.4 is 11.1 Å². The number of piperidine rings is 1. The van der Waals surface area contributed by atoms with Crippen LogP contribution in [0.3, 0.4) is 0 Å². The zero-order chi connectivity index (χ0) is 13.0. The van der Waals surface area contributed by atoms with E-state index in [2.05, 4.69) is 29.3 Å². The zero-order valence-corrected chi connectivity index (χ0v) is 11.7. The standard InChI is InChI=1S/C14H21N3S/c1-11-6-8-17(9-7-11)10-12-2-4-13(5-3-12)16-14(15)18/h2-5,11H,6-10H2,1H3,(H3,15,16,18). The summed E-state index contributed by atoms with van der Waals surface area (Å²) in [6, 6.07) is 8.33. The Hall–Kier alpha value is -1.13. The van der Waals surface area contributed by atoms with Crippen molar-refractivity contribution in [1.82, 2.24) is 4.90 Å². The lowest BCUT2D eigenvalue weighted by molar-refractivity contribution is 0.185. The molecule has 0 spiro atoms. The number of hydrogen-bond acceptors (Lipinski definition) is 2. The van der Waals surface area contributed by atoms with E-state index in [1.165, 1.54) is 31.5 Å². The molecule has 1 aliphatic heterocycles. The van der Waals surface area contributed by atoms with Gasteiger partial charge in [0.15, 0.2) is 5.11 Å². The van der Waals surface area contributed by atoms with Gasteiger partial charge in [-0.3, -0.25) is 4.90 Å². The number of benzene rings is 1. The monoisotopic (exact) mass is 263 g/mol. The number of nitrogens with two attached hydrogens (primary N) is 1. The summed E-state index contributed by atoms with van der Waals surface area (Å²) in [5, 5.41) is 3.25. The minimum Gasteiger partial charge on any atom is -0.376 e. The predicted octanol–water partition coefficient (Wildman–Crippen LogP) is 2.57. The Morgan fingerprint density at radius 1 is 1.33 bits per heavy atom. The molecule has 1 aromatic rings. The van der Waals surface area contributed by atoms with Crippen molar-refractivity contribution in [3.63, 3.8) is 0 Å². The molecule has 2 rings (SSSR count). The number of anilines is 1. The summed E-state index contributed by atoms with van der Waals surface area (Å²) < 4.78 is 0. The number of hydrogen-bond donors (Lipinski definition) is 2. The van der Waals surface area contributed by atoms with Gasteiger partial charge in [0.25, 0.3) is 0 Å². The van der Waals surface area contributed by atoms with E-state index in [1.807, 2.05) is 12.1 Å². The van der Waals surface area contributed by atoms with Gasteiger partial charge < -0.3 is 11.1 Å². The Morgan fingerprint density at radius 2 is 1.94 bits per heavy atom. The maximum atomic E-state index is 5.44. The molecule has 1 aliphatic rings. The van der Waals surface area contributed by atoms with Crippen LogP contribution in [0.15, 0.2) is 24.3 Å². The van der Waals surface area contributed by atoms with Crippen LogP contribution in [0, 0.1) is 5.92 Å². The highest BCUT2D eigenvalue weighted by atomic mass is 32.1. The fourth-order valence-corrected chi connectivity index (χ4v) is 2.43. The lowest BCUT2D eigenvalue weighted by atomic mass is 9.99. The number of thiocarbonyl (C=S) groups is 1. The van der Waals surface area contributed by atoms with E-state index in [0.717, 1.165) is 18.2 Å². The van der Waals surface area contributed by atoms with E-state index < -0.39 is 0 Å². The van der Waals surface area contributed by atoms with Crippen LogP contribution in [0.1, 0.15) is 25.3 Å². The first-order chi connectivity index (χ1) is 8.63. The van der Waals surface area contributed by atoms with Gasteiger partial charge in [-0.25, -0.2) is 0 Å². The molecule has 98 valence electrons. The fraction of sp³-hybridized carbons (Fsp3) is 0.500. The van der Waals surface area contributed by atoms with Crippen molar-refractivity contribution < 1.29 is 0 Å². The van der Waals surface area contributed by atoms with Crippen molar-refractivity contribution in [2.24, 2.45) is 11.7 Å². The highest BCUT2D eigenvalue weighted by molar-refractivity contribution is 7.80. The van der Waals surface area contributed by atoms with E-state index in [-0.39, 0.29) is 0 Å². The SMILES string of the molecule is CC1CCN(Cc2ccc(NC(N)=S)cc2)CC1. The second-order valence-electron chi connectivity index (χ2n) is 5.14. The summed E-state index contributed by atoms with van der Waals surface area (Å²) in [5.41, 5.74) is 7.74. The van der Waals surface area contributed by atoms with E-state index in [4.69, 9.17) is 18.0 Å². The van der Waals surface area contributed by atoms with Gasteiger partial charge in [-0.05, 0) is 61.8 Å². The summed E-state index contributed by atoms with van der Waals surface area (Å²) in [7, 11) is 0. The molecule has 3 N–H and O–H groups in total. The summed E-state index contributed by atoms with van der Waals surface area (Å²) in [6.45, 7) is 5.82. The Morgan fingerprint density at radius 3 is 2.50 bits per heavy atom. The molecule has 1 aromatic carbocycles. The average molecular weight is 263 g/mol. The van der Waals surface area contributed by atoms with Crippen molar-refractivity contribution in [2.75, 3.05) is 18.4 Å². The second-order valence-corrected chi connectivity index (χ2v) is 5.58. The van der Waals surface area contributed by atoms with Gasteiger partial charge in [0, 0.05) is 12.2 Å². The second kappa shape index (κ2) is 6.16. The molecular formula is C14H21N3S. The van der Waals surface area contributed by atoms with Gasteiger partial charge >= 0.3 is 0 Å². The molecule has 0 aromatic heterocycles. The molecule has 1 saturated heterocycles. The third kappa shape index (κ3) is 3.96. The highest BCUT2D eigenvalue weighted by Crippen LogP contribution is 2.18. The number of nitrogens with zero attached hydrogens (tertiary/aromatic N) is 1. The van der Waals surface area contributed by atoms with Crippen molar-refractivity contribution in [1.29, 1.82) is 0 Å². The summed E-state index contributed by atoms with van der Waals surface area (Å²) in [6.07, 6.45) is 2.64. The lowest BCUT2D eigenvalue weighted by Gasteiger charge is -2.30. The summed E-state index contributed by atoms with van der Waals surface area (Å²) in [5.74, 6) is 0.887. The van der Waals surface area contributed by atoms with E-state index in [9.17, 15) is 0 Å². The average Bonchev–Trinajstić information content (AvgIpc) is 2.34. The third-order valence-electron chi connectivity index (χ3n) is 3.50. The van der Waals surface area contributed by atoms with E-state index in [1.54, 1.807) is 0 Å². The van der Waals surface area contributed by atoms with Gasteiger partial charge in [-0.15, -0.1) is 0 Å². The van der Waals surface area contributed by atoms with Crippen molar-refractivity contribution in [3.05, 3.63) is 29.8 Å². The minimum atomic E-state index is 0.313. The van der Waals surface area contributed by atoms with Crippen molar-refractivity contribution in [2.45, 2.75) is 26.3 Å². The number of rotatable bonds is 3. The van der Waals surface area contributed by atoms with Crippen LogP contribution in [-0.4, -0.2) is 23.1 Å². The summed E-state index contributed by atoms with van der Waals surface area (Å²) in [4.78, 5) is 2.52. The van der Waals surface area contributed by atoms with Crippen LogP contribution in [0.5, 0.6) is 0 Å². The molecule has 1 fully saturated rings. The molecule has 0 unspecified atom stereocenters. The summed E-state index contributed by atoms with van der Waals surface area (Å²) >= 11 is 4.81. The Balaban J connectivity index is 1.88. The zero-order valence-electron chi connectivity index (χ0n) is 10.9. The first kappa shape index (κ1) is 13.3. The molecule has 0 saturated carbocycles. The van der Waals surface area contributed by atoms with Crippen LogP contribution in [0.4, 0.5) is 5.69 Å². The van der Waals surface area contributed by atoms with Crippen LogP contribution in [-0.2, 0) is 6.54 Å². The molecule has 0 radical (unpaired) electrons. The van der Waals surface area contributed by atoms with E-state index >= 15 is 0 Å². The van der Waals surface area contributed by atoms with Gasteiger partial charge in [0.05, 0.1) is 0 Å². The highest BCUT2D eigenvalue weighted by Gasteiger charge is 2.15. The van der Waals surface area contributed by atoms with Gasteiger partial charge in [-0.2, -0.15) is 0 Å². The normalized spacial score (nSPS) is 17.6. The Kier molecular flexibility index (Phi) is 4.55. The number of likely N-dealkylation sites (tertiary alicyclic amines) is 1. The van der Waals surface area contributed by atoms with E-state index in [0.29, 0.717) is 5.11 Å².